The van der Waals surface area contributed by atoms with Gasteiger partial charge in [-0.3, -0.25) is 9.69 Å². The largest absolute Gasteiger partial charge is 0.441 e. The van der Waals surface area contributed by atoms with E-state index >= 15 is 0 Å². The lowest BCUT2D eigenvalue weighted by Crippen LogP contribution is -2.60. The number of amides is 1. The molecule has 1 aromatic carbocycles. The van der Waals surface area contributed by atoms with E-state index in [9.17, 15) is 4.79 Å². The summed E-state index contributed by atoms with van der Waals surface area (Å²) in [7, 11) is 0. The van der Waals surface area contributed by atoms with Crippen molar-refractivity contribution in [2.45, 2.75) is 63.5 Å². The SMILES string of the molecule is O=C(CCc1ncc(-c2ccccc2)o1)N1CCCC2=CC3CC(CN4CCCCC34)C21. The second-order valence-electron chi connectivity index (χ2n) is 10.1. The van der Waals surface area contributed by atoms with Gasteiger partial charge in [-0.2, -0.15) is 0 Å². The summed E-state index contributed by atoms with van der Waals surface area (Å²) in [4.78, 5) is 22.7. The third-order valence-electron chi connectivity index (χ3n) is 8.14. The van der Waals surface area contributed by atoms with Crippen molar-refractivity contribution < 1.29 is 9.21 Å². The predicted molar refractivity (Wildman–Crippen MR) is 124 cm³/mol. The first kappa shape index (κ1) is 20.2. The third-order valence-corrected chi connectivity index (χ3v) is 8.14. The Morgan fingerprint density at radius 3 is 2.94 bits per heavy atom. The zero-order valence-corrected chi connectivity index (χ0v) is 18.8. The Bertz CT molecular complexity index is 997. The number of hydrogen-bond acceptors (Lipinski definition) is 4. The molecule has 4 heterocycles. The van der Waals surface area contributed by atoms with Crippen molar-refractivity contribution >= 4 is 5.91 Å². The van der Waals surface area contributed by atoms with Crippen molar-refractivity contribution in [3.05, 3.63) is 54.1 Å². The van der Waals surface area contributed by atoms with E-state index < -0.39 is 0 Å². The van der Waals surface area contributed by atoms with Gasteiger partial charge < -0.3 is 9.32 Å². The van der Waals surface area contributed by atoms with Crippen molar-refractivity contribution in [1.82, 2.24) is 14.8 Å². The minimum Gasteiger partial charge on any atom is -0.441 e. The number of aryl methyl sites for hydroxylation is 1. The number of fused-ring (bicyclic) bond motifs is 6. The lowest BCUT2D eigenvalue weighted by Gasteiger charge is -2.54. The minimum absolute atomic E-state index is 0.263. The Kier molecular flexibility index (Phi) is 5.38. The molecule has 4 atom stereocenters. The number of hydrogen-bond donors (Lipinski definition) is 0. The van der Waals surface area contributed by atoms with Gasteiger partial charge in [-0.1, -0.05) is 48.4 Å². The molecule has 6 rings (SSSR count). The molecule has 0 saturated carbocycles. The van der Waals surface area contributed by atoms with E-state index in [2.05, 4.69) is 20.9 Å². The van der Waals surface area contributed by atoms with Crippen LogP contribution >= 0.6 is 0 Å². The lowest BCUT2D eigenvalue weighted by molar-refractivity contribution is -0.136. The predicted octanol–water partition coefficient (Wildman–Crippen LogP) is 4.70. The first-order valence-corrected chi connectivity index (χ1v) is 12.5. The van der Waals surface area contributed by atoms with Gasteiger partial charge in [-0.05, 0) is 50.5 Å². The van der Waals surface area contributed by atoms with Crippen LogP contribution in [-0.4, -0.2) is 52.4 Å². The topological polar surface area (TPSA) is 49.6 Å². The van der Waals surface area contributed by atoms with Gasteiger partial charge in [-0.25, -0.2) is 4.98 Å². The number of aromatic nitrogens is 1. The number of rotatable bonds is 4. The smallest absolute Gasteiger partial charge is 0.223 e. The second-order valence-corrected chi connectivity index (χ2v) is 10.1. The maximum absolute atomic E-state index is 13.4. The van der Waals surface area contributed by atoms with Crippen LogP contribution < -0.4 is 0 Å². The molecular formula is C27H33N3O2. The number of benzene rings is 1. The highest BCUT2D eigenvalue weighted by Gasteiger charge is 2.46. The van der Waals surface area contributed by atoms with E-state index in [4.69, 9.17) is 4.42 Å². The maximum atomic E-state index is 13.4. The molecule has 1 aromatic heterocycles. The number of carbonyl (C=O) groups excluding carboxylic acids is 1. The van der Waals surface area contributed by atoms with E-state index in [1.165, 1.54) is 45.2 Å². The number of oxazole rings is 1. The Morgan fingerprint density at radius 1 is 1.12 bits per heavy atom. The Hall–Kier alpha value is -2.40. The van der Waals surface area contributed by atoms with Crippen LogP contribution in [0.1, 0.15) is 50.8 Å². The standard InChI is InChI=1S/C27H33N3O2/c31-26(12-11-25-28-17-24(32-25)19-7-2-1-3-8-19)30-14-6-9-20-15-21-16-22(27(20)30)18-29-13-5-4-10-23(21)29/h1-3,7-8,15,17,21-23,27H,4-6,9-14,16,18H2. The van der Waals surface area contributed by atoms with Crippen molar-refractivity contribution in [1.29, 1.82) is 0 Å². The normalized spacial score (nSPS) is 29.8. The van der Waals surface area contributed by atoms with E-state index in [0.29, 0.717) is 36.6 Å². The molecule has 0 spiro atoms. The maximum Gasteiger partial charge on any atom is 0.223 e. The Labute approximate surface area is 190 Å². The van der Waals surface area contributed by atoms with Crippen LogP contribution in [0.3, 0.4) is 0 Å². The zero-order chi connectivity index (χ0) is 21.5. The van der Waals surface area contributed by atoms with Gasteiger partial charge in [0.1, 0.15) is 0 Å². The molecule has 4 unspecified atom stereocenters. The second kappa shape index (κ2) is 8.51. The van der Waals surface area contributed by atoms with Crippen LogP contribution in [0.15, 0.2) is 52.6 Å². The molecule has 2 bridgehead atoms. The molecular weight excluding hydrogens is 398 g/mol. The van der Waals surface area contributed by atoms with Crippen molar-refractivity contribution in [2.75, 3.05) is 19.6 Å². The number of carbonyl (C=O) groups is 1. The minimum atomic E-state index is 0.263. The molecule has 32 heavy (non-hydrogen) atoms. The summed E-state index contributed by atoms with van der Waals surface area (Å²) in [6, 6.07) is 11.1. The molecule has 2 aromatic rings. The fraction of sp³-hybridized carbons (Fsp3) is 0.556. The van der Waals surface area contributed by atoms with Crippen molar-refractivity contribution in [2.24, 2.45) is 11.8 Å². The van der Waals surface area contributed by atoms with E-state index in [1.54, 1.807) is 11.8 Å². The number of piperidine rings is 3. The summed E-state index contributed by atoms with van der Waals surface area (Å²) in [5.41, 5.74) is 2.58. The highest BCUT2D eigenvalue weighted by atomic mass is 16.4. The molecule has 3 saturated heterocycles. The molecule has 3 aliphatic heterocycles. The van der Waals surface area contributed by atoms with E-state index in [-0.39, 0.29) is 5.91 Å². The summed E-state index contributed by atoms with van der Waals surface area (Å²) in [6.07, 6.45) is 13.0. The molecule has 5 heteroatoms. The Balaban J connectivity index is 1.15. The summed E-state index contributed by atoms with van der Waals surface area (Å²) in [6.45, 7) is 3.31. The first-order valence-electron chi connectivity index (χ1n) is 12.5. The number of likely N-dealkylation sites (tertiary alicyclic amines) is 1. The molecule has 168 valence electrons. The monoisotopic (exact) mass is 431 g/mol. The summed E-state index contributed by atoms with van der Waals surface area (Å²) < 4.78 is 5.94. The molecule has 1 aliphatic carbocycles. The van der Waals surface area contributed by atoms with Gasteiger partial charge in [0.15, 0.2) is 11.7 Å². The van der Waals surface area contributed by atoms with Crippen molar-refractivity contribution in [3.8, 4) is 11.3 Å². The van der Waals surface area contributed by atoms with Gasteiger partial charge in [-0.15, -0.1) is 0 Å². The molecule has 5 nitrogen and oxygen atoms in total. The van der Waals surface area contributed by atoms with Crippen LogP contribution in [0, 0.1) is 11.8 Å². The average molecular weight is 432 g/mol. The quantitative estimate of drug-likeness (QED) is 0.659. The van der Waals surface area contributed by atoms with Crippen LogP contribution in [0.2, 0.25) is 0 Å². The molecule has 0 radical (unpaired) electrons. The highest BCUT2D eigenvalue weighted by molar-refractivity contribution is 5.77. The summed E-state index contributed by atoms with van der Waals surface area (Å²) in [5, 5.41) is 0. The molecule has 0 N–H and O–H groups in total. The highest BCUT2D eigenvalue weighted by Crippen LogP contribution is 2.45. The molecule has 1 amide bonds. The van der Waals surface area contributed by atoms with E-state index in [1.807, 2.05) is 30.3 Å². The lowest BCUT2D eigenvalue weighted by atomic mass is 9.68. The fourth-order valence-corrected chi connectivity index (χ4v) is 6.77. The van der Waals surface area contributed by atoms with Crippen LogP contribution in [0.5, 0.6) is 0 Å². The summed E-state index contributed by atoms with van der Waals surface area (Å²) in [5.74, 6) is 3.00. The van der Waals surface area contributed by atoms with Gasteiger partial charge >= 0.3 is 0 Å². The fourth-order valence-electron chi connectivity index (χ4n) is 6.77. The van der Waals surface area contributed by atoms with Crippen molar-refractivity contribution in [3.63, 3.8) is 0 Å². The van der Waals surface area contributed by atoms with Gasteiger partial charge in [0, 0.05) is 37.5 Å². The Morgan fingerprint density at radius 2 is 2.03 bits per heavy atom. The summed E-state index contributed by atoms with van der Waals surface area (Å²) >= 11 is 0. The molecule has 3 fully saturated rings. The first-order chi connectivity index (χ1) is 15.8. The van der Waals surface area contributed by atoms with E-state index in [0.717, 1.165) is 30.3 Å². The van der Waals surface area contributed by atoms with Gasteiger partial charge in [0.25, 0.3) is 0 Å². The zero-order valence-electron chi connectivity index (χ0n) is 18.8. The van der Waals surface area contributed by atoms with Crippen LogP contribution in [0.25, 0.3) is 11.3 Å². The van der Waals surface area contributed by atoms with Gasteiger partial charge in [0.05, 0.1) is 12.2 Å². The van der Waals surface area contributed by atoms with Gasteiger partial charge in [0.2, 0.25) is 5.91 Å². The van der Waals surface area contributed by atoms with Crippen LogP contribution in [-0.2, 0) is 11.2 Å². The average Bonchev–Trinajstić information content (AvgIpc) is 3.32. The molecule has 4 aliphatic rings. The van der Waals surface area contributed by atoms with Crippen LogP contribution in [0.4, 0.5) is 0 Å². The third kappa shape index (κ3) is 3.71. The number of nitrogens with zero attached hydrogens (tertiary/aromatic N) is 3.